The van der Waals surface area contributed by atoms with Crippen LogP contribution in [0.25, 0.3) is 0 Å². The zero-order valence-electron chi connectivity index (χ0n) is 7.32. The van der Waals surface area contributed by atoms with Crippen LogP contribution < -0.4 is 0 Å². The van der Waals surface area contributed by atoms with Crippen LogP contribution in [-0.2, 0) is 0 Å². The molecular weight excluding hydrogens is 213 g/mol. The fraction of sp³-hybridized carbons (Fsp3) is 0.222. The second-order valence-corrected chi connectivity index (χ2v) is 2.84. The highest BCUT2D eigenvalue weighted by molar-refractivity contribution is 5.89. The van der Waals surface area contributed by atoms with Gasteiger partial charge in [0, 0.05) is 5.56 Å². The zero-order chi connectivity index (χ0) is 11.6. The summed E-state index contributed by atoms with van der Waals surface area (Å²) in [5, 5.41) is 17.5. The third-order valence-electron chi connectivity index (χ3n) is 1.80. The van der Waals surface area contributed by atoms with E-state index in [0.717, 1.165) is 12.1 Å². The summed E-state index contributed by atoms with van der Waals surface area (Å²) in [6.45, 7) is 0. The van der Waals surface area contributed by atoms with Crippen molar-refractivity contribution >= 4 is 5.97 Å². The summed E-state index contributed by atoms with van der Waals surface area (Å²) in [4.78, 5) is 10.6. The van der Waals surface area contributed by atoms with E-state index in [2.05, 4.69) is 0 Å². The average molecular weight is 220 g/mol. The minimum absolute atomic E-state index is 0.553. The van der Waals surface area contributed by atoms with E-state index in [1.807, 2.05) is 0 Å². The monoisotopic (exact) mass is 220 g/mol. The highest BCUT2D eigenvalue weighted by Gasteiger charge is 2.41. The van der Waals surface area contributed by atoms with Crippen molar-refractivity contribution in [2.45, 2.75) is 12.3 Å². The van der Waals surface area contributed by atoms with Crippen LogP contribution >= 0.6 is 0 Å². The summed E-state index contributed by atoms with van der Waals surface area (Å²) >= 11 is 0. The van der Waals surface area contributed by atoms with E-state index < -0.39 is 29.4 Å². The van der Waals surface area contributed by atoms with E-state index >= 15 is 0 Å². The van der Waals surface area contributed by atoms with Crippen molar-refractivity contribution in [3.63, 3.8) is 0 Å². The summed E-state index contributed by atoms with van der Waals surface area (Å²) in [6.07, 6.45) is -7.64. The quantitative estimate of drug-likeness (QED) is 0.801. The van der Waals surface area contributed by atoms with E-state index in [1.165, 1.54) is 12.1 Å². The number of benzene rings is 1. The van der Waals surface area contributed by atoms with E-state index in [0.29, 0.717) is 0 Å². The number of alkyl halides is 3. The number of halogens is 3. The van der Waals surface area contributed by atoms with Crippen LogP contribution in [0.4, 0.5) is 13.2 Å². The molecule has 1 aromatic rings. The number of carbonyl (C=O) groups is 1. The molecule has 0 amide bonds. The molecule has 0 aromatic heterocycles. The highest BCUT2D eigenvalue weighted by atomic mass is 19.4. The number of carboxylic acids is 1. The molecule has 0 bridgehead atoms. The fourth-order valence-corrected chi connectivity index (χ4v) is 1.11. The largest absolute Gasteiger partial charge is 0.478 e. The van der Waals surface area contributed by atoms with Crippen LogP contribution in [0.5, 0.6) is 0 Å². The van der Waals surface area contributed by atoms with Crippen molar-refractivity contribution in [3.05, 3.63) is 35.4 Å². The van der Waals surface area contributed by atoms with Gasteiger partial charge in [-0.25, -0.2) is 4.79 Å². The van der Waals surface area contributed by atoms with Crippen molar-refractivity contribution in [1.29, 1.82) is 0 Å². The molecule has 0 fully saturated rings. The van der Waals surface area contributed by atoms with Gasteiger partial charge in [0.25, 0.3) is 0 Å². The molecule has 1 aromatic carbocycles. The van der Waals surface area contributed by atoms with Crippen molar-refractivity contribution in [3.8, 4) is 0 Å². The number of aliphatic hydroxyl groups is 1. The molecule has 2 N–H and O–H groups in total. The first-order valence-electron chi connectivity index (χ1n) is 3.91. The van der Waals surface area contributed by atoms with Crippen LogP contribution in [0.3, 0.4) is 0 Å². The Hall–Kier alpha value is -1.56. The molecule has 0 spiro atoms. The van der Waals surface area contributed by atoms with Crippen molar-refractivity contribution in [1.82, 2.24) is 0 Å². The van der Waals surface area contributed by atoms with Gasteiger partial charge in [0.2, 0.25) is 0 Å². The summed E-state index contributed by atoms with van der Waals surface area (Å²) in [6, 6.07) is 4.46. The lowest BCUT2D eigenvalue weighted by molar-refractivity contribution is -0.206. The third-order valence-corrected chi connectivity index (χ3v) is 1.80. The molecule has 0 heterocycles. The molecule has 0 radical (unpaired) electrons. The van der Waals surface area contributed by atoms with Gasteiger partial charge in [-0.3, -0.25) is 0 Å². The van der Waals surface area contributed by atoms with Crippen LogP contribution in [0.1, 0.15) is 22.0 Å². The summed E-state index contributed by atoms with van der Waals surface area (Å²) in [5.41, 5.74) is -1.21. The number of hydrogen-bond acceptors (Lipinski definition) is 2. The van der Waals surface area contributed by atoms with E-state index in [-0.39, 0.29) is 0 Å². The fourth-order valence-electron chi connectivity index (χ4n) is 1.11. The molecule has 15 heavy (non-hydrogen) atoms. The van der Waals surface area contributed by atoms with Gasteiger partial charge >= 0.3 is 12.1 Å². The van der Waals surface area contributed by atoms with Crippen LogP contribution in [0, 0.1) is 0 Å². The molecule has 0 saturated heterocycles. The van der Waals surface area contributed by atoms with Gasteiger partial charge in [0.15, 0.2) is 6.10 Å². The number of aliphatic hydroxyl groups excluding tert-OH is 1. The van der Waals surface area contributed by atoms with Gasteiger partial charge in [0.05, 0.1) is 5.56 Å². The molecule has 3 nitrogen and oxygen atoms in total. The zero-order valence-corrected chi connectivity index (χ0v) is 7.32. The lowest BCUT2D eigenvalue weighted by Crippen LogP contribution is -2.22. The summed E-state index contributed by atoms with van der Waals surface area (Å²) < 4.78 is 36.4. The number of aromatic carboxylic acids is 1. The Morgan fingerprint density at radius 2 is 1.80 bits per heavy atom. The van der Waals surface area contributed by atoms with Gasteiger partial charge in [0.1, 0.15) is 0 Å². The Morgan fingerprint density at radius 3 is 2.27 bits per heavy atom. The van der Waals surface area contributed by atoms with Crippen LogP contribution in [0.15, 0.2) is 24.3 Å². The van der Waals surface area contributed by atoms with Gasteiger partial charge in [-0.2, -0.15) is 13.2 Å². The minimum atomic E-state index is -4.87. The third kappa shape index (κ3) is 2.47. The van der Waals surface area contributed by atoms with Crippen LogP contribution in [-0.4, -0.2) is 22.4 Å². The Bertz CT molecular complexity index is 373. The molecule has 0 saturated carbocycles. The second-order valence-electron chi connectivity index (χ2n) is 2.84. The Labute approximate surface area is 82.8 Å². The molecule has 1 atom stereocenters. The number of hydrogen-bond donors (Lipinski definition) is 2. The molecule has 82 valence electrons. The molecule has 0 aliphatic heterocycles. The van der Waals surface area contributed by atoms with Gasteiger partial charge < -0.3 is 10.2 Å². The van der Waals surface area contributed by atoms with Crippen molar-refractivity contribution < 1.29 is 28.2 Å². The predicted octanol–water partition coefficient (Wildman–Crippen LogP) is 1.98. The minimum Gasteiger partial charge on any atom is -0.478 e. The van der Waals surface area contributed by atoms with Gasteiger partial charge in [-0.15, -0.1) is 0 Å². The molecule has 0 unspecified atom stereocenters. The second kappa shape index (κ2) is 3.90. The summed E-state index contributed by atoms with van der Waals surface area (Å²) in [5.74, 6) is -1.51. The first-order valence-corrected chi connectivity index (χ1v) is 3.91. The Kier molecular flexibility index (Phi) is 2.99. The van der Waals surface area contributed by atoms with Crippen LogP contribution in [0.2, 0.25) is 0 Å². The van der Waals surface area contributed by atoms with Gasteiger partial charge in [-0.05, 0) is 6.07 Å². The molecule has 6 heteroatoms. The molecule has 1 rings (SSSR count). The summed E-state index contributed by atoms with van der Waals surface area (Å²) in [7, 11) is 0. The molecule has 0 aliphatic rings. The smallest absolute Gasteiger partial charge is 0.418 e. The lowest BCUT2D eigenvalue weighted by atomic mass is 10.0. The van der Waals surface area contributed by atoms with E-state index in [9.17, 15) is 18.0 Å². The maximum atomic E-state index is 12.1. The maximum Gasteiger partial charge on any atom is 0.418 e. The lowest BCUT2D eigenvalue weighted by Gasteiger charge is -2.16. The first kappa shape index (κ1) is 11.5. The van der Waals surface area contributed by atoms with Crippen molar-refractivity contribution in [2.75, 3.05) is 0 Å². The molecule has 0 aliphatic carbocycles. The first-order chi connectivity index (χ1) is 6.84. The Balaban J connectivity index is 3.19. The normalized spacial score (nSPS) is 13.6. The number of rotatable bonds is 2. The Morgan fingerprint density at radius 1 is 1.27 bits per heavy atom. The van der Waals surface area contributed by atoms with E-state index in [4.69, 9.17) is 10.2 Å². The standard InChI is InChI=1S/C9H7F3O3/c10-9(11,12)7(13)5-3-1-2-4-6(5)8(14)15/h1-4,7,13H,(H,14,15)/t7-/m0/s1. The van der Waals surface area contributed by atoms with E-state index in [1.54, 1.807) is 0 Å². The SMILES string of the molecule is O=C(O)c1ccccc1[C@H](O)C(F)(F)F. The maximum absolute atomic E-state index is 12.1. The van der Waals surface area contributed by atoms with Gasteiger partial charge in [-0.1, -0.05) is 18.2 Å². The average Bonchev–Trinajstić information content (AvgIpc) is 2.15. The highest BCUT2D eigenvalue weighted by Crippen LogP contribution is 2.33. The number of carboxylic acid groups (broad SMARTS) is 1. The molecular formula is C9H7F3O3. The predicted molar refractivity (Wildman–Crippen MR) is 44.4 cm³/mol. The van der Waals surface area contributed by atoms with Crippen molar-refractivity contribution in [2.24, 2.45) is 0 Å². The topological polar surface area (TPSA) is 57.5 Å².